The molecule has 0 radical (unpaired) electrons. The van der Waals surface area contributed by atoms with Gasteiger partial charge in [0, 0.05) is 12.5 Å². The Morgan fingerprint density at radius 3 is 2.89 bits per heavy atom. The molecule has 1 saturated carbocycles. The molecule has 1 heterocycles. The molecule has 1 aliphatic carbocycles. The van der Waals surface area contributed by atoms with Gasteiger partial charge in [-0.05, 0) is 29.7 Å². The van der Waals surface area contributed by atoms with Crippen LogP contribution in [-0.4, -0.2) is 25.7 Å². The highest BCUT2D eigenvalue weighted by Gasteiger charge is 2.63. The van der Waals surface area contributed by atoms with Crippen LogP contribution in [0.25, 0.3) is 0 Å². The lowest BCUT2D eigenvalue weighted by Crippen LogP contribution is -2.43. The summed E-state index contributed by atoms with van der Waals surface area (Å²) < 4.78 is 10.1. The number of halogens is 1. The van der Waals surface area contributed by atoms with Crippen molar-refractivity contribution in [3.63, 3.8) is 0 Å². The SMILES string of the molecule is COC(=O)C12CC1c1cc(OC)ccc1CN2.Cl. The van der Waals surface area contributed by atoms with Crippen molar-refractivity contribution in [2.24, 2.45) is 0 Å². The van der Waals surface area contributed by atoms with E-state index in [4.69, 9.17) is 9.47 Å². The maximum absolute atomic E-state index is 11.8. The number of hydrogen-bond acceptors (Lipinski definition) is 4. The Morgan fingerprint density at radius 2 is 2.22 bits per heavy atom. The van der Waals surface area contributed by atoms with Crippen LogP contribution in [0.15, 0.2) is 18.2 Å². The molecule has 98 valence electrons. The van der Waals surface area contributed by atoms with Crippen LogP contribution in [0.4, 0.5) is 0 Å². The number of hydrogen-bond donors (Lipinski definition) is 1. The number of ether oxygens (including phenoxy) is 2. The maximum Gasteiger partial charge on any atom is 0.326 e. The second kappa shape index (κ2) is 4.44. The van der Waals surface area contributed by atoms with Crippen molar-refractivity contribution in [1.29, 1.82) is 0 Å². The Balaban J connectivity index is 0.00000120. The smallest absolute Gasteiger partial charge is 0.326 e. The Kier molecular flexibility index (Phi) is 3.25. The summed E-state index contributed by atoms with van der Waals surface area (Å²) in [5, 5.41) is 3.30. The lowest BCUT2D eigenvalue weighted by Gasteiger charge is -2.24. The van der Waals surface area contributed by atoms with Gasteiger partial charge in [-0.15, -0.1) is 12.4 Å². The summed E-state index contributed by atoms with van der Waals surface area (Å²) in [5.74, 6) is 0.918. The van der Waals surface area contributed by atoms with Crippen molar-refractivity contribution in [2.45, 2.75) is 24.4 Å². The summed E-state index contributed by atoms with van der Waals surface area (Å²) in [7, 11) is 3.10. The predicted molar refractivity (Wildman–Crippen MR) is 69.2 cm³/mol. The van der Waals surface area contributed by atoms with E-state index in [9.17, 15) is 4.79 Å². The summed E-state index contributed by atoms with van der Waals surface area (Å²) in [4.78, 5) is 11.8. The van der Waals surface area contributed by atoms with E-state index in [0.29, 0.717) is 6.54 Å². The molecule has 0 saturated heterocycles. The van der Waals surface area contributed by atoms with E-state index < -0.39 is 5.54 Å². The molecule has 2 atom stereocenters. The second-order valence-corrected chi connectivity index (χ2v) is 4.64. The van der Waals surface area contributed by atoms with Gasteiger partial charge in [-0.1, -0.05) is 6.07 Å². The molecule has 1 aromatic rings. The predicted octanol–water partition coefficient (Wildman–Crippen LogP) is 1.62. The molecule has 1 aromatic carbocycles. The zero-order valence-electron chi connectivity index (χ0n) is 10.4. The Morgan fingerprint density at radius 1 is 1.44 bits per heavy atom. The first-order chi connectivity index (χ1) is 8.21. The lowest BCUT2D eigenvalue weighted by molar-refractivity contribution is -0.144. The first-order valence-electron chi connectivity index (χ1n) is 5.71. The van der Waals surface area contributed by atoms with Crippen LogP contribution >= 0.6 is 12.4 Å². The minimum Gasteiger partial charge on any atom is -0.497 e. The summed E-state index contributed by atoms with van der Waals surface area (Å²) >= 11 is 0. The van der Waals surface area contributed by atoms with Gasteiger partial charge >= 0.3 is 5.97 Å². The van der Waals surface area contributed by atoms with Crippen molar-refractivity contribution in [1.82, 2.24) is 5.32 Å². The van der Waals surface area contributed by atoms with Crippen molar-refractivity contribution >= 4 is 18.4 Å². The molecule has 0 bridgehead atoms. The number of benzene rings is 1. The second-order valence-electron chi connectivity index (χ2n) is 4.64. The van der Waals surface area contributed by atoms with Crippen LogP contribution < -0.4 is 10.1 Å². The van der Waals surface area contributed by atoms with E-state index in [-0.39, 0.29) is 24.3 Å². The van der Waals surface area contributed by atoms with E-state index in [1.165, 1.54) is 18.2 Å². The molecular weight excluding hydrogens is 254 g/mol. The summed E-state index contributed by atoms with van der Waals surface area (Å²) in [5.41, 5.74) is 1.98. The third-order valence-electron chi connectivity index (χ3n) is 3.83. The van der Waals surface area contributed by atoms with Gasteiger partial charge in [0.25, 0.3) is 0 Å². The number of methoxy groups -OCH3 is 2. The zero-order chi connectivity index (χ0) is 12.0. The van der Waals surface area contributed by atoms with Crippen LogP contribution in [0, 0.1) is 0 Å². The largest absolute Gasteiger partial charge is 0.497 e. The van der Waals surface area contributed by atoms with E-state index in [0.717, 1.165) is 12.2 Å². The van der Waals surface area contributed by atoms with E-state index in [1.807, 2.05) is 12.1 Å². The minimum atomic E-state index is -0.478. The molecular formula is C13H16ClNO3. The third kappa shape index (κ3) is 1.68. The van der Waals surface area contributed by atoms with Gasteiger partial charge in [-0.25, -0.2) is 0 Å². The van der Waals surface area contributed by atoms with Crippen LogP contribution in [0.5, 0.6) is 5.75 Å². The van der Waals surface area contributed by atoms with Crippen molar-refractivity contribution < 1.29 is 14.3 Å². The number of carbonyl (C=O) groups is 1. The number of esters is 1. The van der Waals surface area contributed by atoms with Crippen LogP contribution in [-0.2, 0) is 16.1 Å². The Bertz CT molecular complexity index is 491. The van der Waals surface area contributed by atoms with Gasteiger partial charge in [0.1, 0.15) is 11.3 Å². The lowest BCUT2D eigenvalue weighted by atomic mass is 9.95. The first kappa shape index (κ1) is 13.2. The molecule has 0 amide bonds. The average Bonchev–Trinajstić information content (AvgIpc) is 3.13. The van der Waals surface area contributed by atoms with E-state index >= 15 is 0 Å². The highest BCUT2D eigenvalue weighted by molar-refractivity contribution is 5.87. The Labute approximate surface area is 112 Å². The topological polar surface area (TPSA) is 47.6 Å². The molecule has 4 nitrogen and oxygen atoms in total. The summed E-state index contributed by atoms with van der Waals surface area (Å²) in [6.45, 7) is 0.713. The third-order valence-corrected chi connectivity index (χ3v) is 3.83. The molecule has 2 unspecified atom stereocenters. The molecule has 18 heavy (non-hydrogen) atoms. The van der Waals surface area contributed by atoms with Gasteiger partial charge in [-0.2, -0.15) is 0 Å². The number of nitrogens with one attached hydrogen (secondary N) is 1. The zero-order valence-corrected chi connectivity index (χ0v) is 11.2. The standard InChI is InChI=1S/C13H15NO3.ClH/c1-16-9-4-3-8-7-14-13(12(15)17-2)6-11(13)10(8)5-9;/h3-5,11,14H,6-7H2,1-2H3;1H. The highest BCUT2D eigenvalue weighted by atomic mass is 35.5. The molecule has 0 spiro atoms. The van der Waals surface area contributed by atoms with Crippen LogP contribution in [0.2, 0.25) is 0 Å². The van der Waals surface area contributed by atoms with Gasteiger partial charge in [0.15, 0.2) is 0 Å². The van der Waals surface area contributed by atoms with Gasteiger partial charge in [0.2, 0.25) is 0 Å². The monoisotopic (exact) mass is 269 g/mol. The summed E-state index contributed by atoms with van der Waals surface area (Å²) in [6, 6.07) is 6.04. The van der Waals surface area contributed by atoms with Crippen LogP contribution in [0.3, 0.4) is 0 Å². The fourth-order valence-corrected chi connectivity index (χ4v) is 2.75. The quantitative estimate of drug-likeness (QED) is 0.829. The molecule has 2 aliphatic rings. The fourth-order valence-electron chi connectivity index (χ4n) is 2.75. The minimum absolute atomic E-state index is 0. The Hall–Kier alpha value is -1.26. The van der Waals surface area contributed by atoms with Gasteiger partial charge in [0.05, 0.1) is 14.2 Å². The van der Waals surface area contributed by atoms with Gasteiger partial charge < -0.3 is 9.47 Å². The van der Waals surface area contributed by atoms with Crippen molar-refractivity contribution in [2.75, 3.05) is 14.2 Å². The maximum atomic E-state index is 11.8. The summed E-state index contributed by atoms with van der Waals surface area (Å²) in [6.07, 6.45) is 0.819. The molecule has 0 aromatic heterocycles. The molecule has 5 heteroatoms. The van der Waals surface area contributed by atoms with Gasteiger partial charge in [-0.3, -0.25) is 10.1 Å². The van der Waals surface area contributed by atoms with E-state index in [1.54, 1.807) is 7.11 Å². The molecule has 1 fully saturated rings. The fraction of sp³-hybridized carbons (Fsp3) is 0.462. The molecule has 1 aliphatic heterocycles. The molecule has 1 N–H and O–H groups in total. The first-order valence-corrected chi connectivity index (χ1v) is 5.71. The normalized spacial score (nSPS) is 27.3. The van der Waals surface area contributed by atoms with Crippen LogP contribution in [0.1, 0.15) is 23.5 Å². The molecule has 3 rings (SSSR count). The van der Waals surface area contributed by atoms with Crippen molar-refractivity contribution in [3.8, 4) is 5.75 Å². The number of rotatable bonds is 2. The average molecular weight is 270 g/mol. The van der Waals surface area contributed by atoms with E-state index in [2.05, 4.69) is 11.4 Å². The number of carbonyl (C=O) groups excluding carboxylic acids is 1. The van der Waals surface area contributed by atoms with Crippen molar-refractivity contribution in [3.05, 3.63) is 29.3 Å². The number of fused-ring (bicyclic) bond motifs is 3. The highest BCUT2D eigenvalue weighted by Crippen LogP contribution is 2.56.